The molecule has 0 fully saturated rings. The Kier molecular flexibility index (Phi) is 0.970. The fraction of sp³-hybridized carbons (Fsp3) is 0.400. The topological polar surface area (TPSA) is 46.3 Å². The Morgan fingerprint density at radius 3 is 2.25 bits per heavy atom. The lowest BCUT2D eigenvalue weighted by molar-refractivity contribution is 0.308. The van der Waals surface area contributed by atoms with Crippen molar-refractivity contribution in [3.63, 3.8) is 0 Å². The summed E-state index contributed by atoms with van der Waals surface area (Å²) in [5, 5.41) is 8.56. The van der Waals surface area contributed by atoms with Gasteiger partial charge in [-0.3, -0.25) is 0 Å². The van der Waals surface area contributed by atoms with Gasteiger partial charge in [0.2, 0.25) is 0 Å². The molecule has 0 aliphatic rings. The SMILES string of the molecule is Cc1nc(O)oc1C. The first-order valence-electron chi connectivity index (χ1n) is 2.33. The molecular weight excluding hydrogens is 106 g/mol. The van der Waals surface area contributed by atoms with E-state index in [9.17, 15) is 0 Å². The molecular formula is C5H7NO2. The van der Waals surface area contributed by atoms with E-state index in [1.165, 1.54) is 0 Å². The van der Waals surface area contributed by atoms with Crippen LogP contribution in [-0.2, 0) is 0 Å². The lowest BCUT2D eigenvalue weighted by Crippen LogP contribution is -1.69. The van der Waals surface area contributed by atoms with Gasteiger partial charge in [0.25, 0.3) is 0 Å². The third-order valence-corrected chi connectivity index (χ3v) is 1.02. The molecule has 8 heavy (non-hydrogen) atoms. The van der Waals surface area contributed by atoms with E-state index in [0.717, 1.165) is 5.69 Å². The second-order valence-corrected chi connectivity index (χ2v) is 1.64. The Morgan fingerprint density at radius 1 is 1.50 bits per heavy atom. The van der Waals surface area contributed by atoms with Gasteiger partial charge in [-0.1, -0.05) is 0 Å². The number of aryl methyl sites for hydroxylation is 2. The Hall–Kier alpha value is -0.990. The summed E-state index contributed by atoms with van der Waals surface area (Å²) < 4.78 is 4.66. The minimum Gasteiger partial charge on any atom is -0.466 e. The highest BCUT2D eigenvalue weighted by molar-refractivity contribution is 5.06. The number of rotatable bonds is 0. The first-order valence-corrected chi connectivity index (χ1v) is 2.33. The third kappa shape index (κ3) is 0.665. The van der Waals surface area contributed by atoms with E-state index >= 15 is 0 Å². The average Bonchev–Trinajstić information content (AvgIpc) is 1.85. The smallest absolute Gasteiger partial charge is 0.391 e. The number of oxazole rings is 1. The van der Waals surface area contributed by atoms with Crippen molar-refractivity contribution in [2.45, 2.75) is 13.8 Å². The summed E-state index contributed by atoms with van der Waals surface area (Å²) in [6.07, 6.45) is -0.250. The molecule has 0 saturated carbocycles. The van der Waals surface area contributed by atoms with Crippen molar-refractivity contribution in [3.05, 3.63) is 11.5 Å². The molecule has 3 nitrogen and oxygen atoms in total. The fourth-order valence-corrected chi connectivity index (χ4v) is 0.456. The van der Waals surface area contributed by atoms with Crippen LogP contribution in [0.3, 0.4) is 0 Å². The normalized spacial score (nSPS) is 9.75. The highest BCUT2D eigenvalue weighted by Crippen LogP contribution is 2.11. The summed E-state index contributed by atoms with van der Waals surface area (Å²) in [5.41, 5.74) is 0.738. The number of hydrogen-bond donors (Lipinski definition) is 1. The van der Waals surface area contributed by atoms with Gasteiger partial charge in [0.05, 0.1) is 5.69 Å². The summed E-state index contributed by atoms with van der Waals surface area (Å²) >= 11 is 0. The highest BCUT2D eigenvalue weighted by atomic mass is 16.5. The molecule has 1 aromatic heterocycles. The monoisotopic (exact) mass is 113 g/mol. The number of aromatic nitrogens is 1. The van der Waals surface area contributed by atoms with Crippen LogP contribution < -0.4 is 0 Å². The molecule has 1 aromatic rings. The van der Waals surface area contributed by atoms with Gasteiger partial charge in [0.1, 0.15) is 5.76 Å². The van der Waals surface area contributed by atoms with Gasteiger partial charge in [-0.05, 0) is 13.8 Å². The van der Waals surface area contributed by atoms with Crippen LogP contribution in [0.1, 0.15) is 11.5 Å². The fourth-order valence-electron chi connectivity index (χ4n) is 0.456. The first-order chi connectivity index (χ1) is 3.70. The van der Waals surface area contributed by atoms with Gasteiger partial charge in [0.15, 0.2) is 0 Å². The molecule has 0 bridgehead atoms. The minimum absolute atomic E-state index is 0.250. The molecule has 3 heteroatoms. The van der Waals surface area contributed by atoms with Crippen molar-refractivity contribution in [1.29, 1.82) is 0 Å². The molecule has 0 aliphatic carbocycles. The van der Waals surface area contributed by atoms with E-state index in [-0.39, 0.29) is 6.08 Å². The Bertz CT molecular complexity index is 173. The maximum absolute atomic E-state index is 8.56. The standard InChI is InChI=1S/C5H7NO2/c1-3-4(2)8-5(7)6-3/h1-2H3,(H,6,7). The Labute approximate surface area is 47.0 Å². The van der Waals surface area contributed by atoms with Gasteiger partial charge in [-0.25, -0.2) is 0 Å². The predicted molar refractivity (Wildman–Crippen MR) is 27.6 cm³/mol. The van der Waals surface area contributed by atoms with Crippen LogP contribution >= 0.6 is 0 Å². The molecule has 1 rings (SSSR count). The maximum Gasteiger partial charge on any atom is 0.391 e. The van der Waals surface area contributed by atoms with Crippen LogP contribution in [0.2, 0.25) is 0 Å². The van der Waals surface area contributed by atoms with Gasteiger partial charge in [0, 0.05) is 0 Å². The van der Waals surface area contributed by atoms with Gasteiger partial charge >= 0.3 is 6.08 Å². The van der Waals surface area contributed by atoms with E-state index in [4.69, 9.17) is 5.11 Å². The zero-order chi connectivity index (χ0) is 6.15. The van der Waals surface area contributed by atoms with Crippen molar-refractivity contribution in [1.82, 2.24) is 4.98 Å². The summed E-state index contributed by atoms with van der Waals surface area (Å²) in [5.74, 6) is 0.669. The number of hydrogen-bond acceptors (Lipinski definition) is 3. The van der Waals surface area contributed by atoms with Crippen molar-refractivity contribution in [2.24, 2.45) is 0 Å². The van der Waals surface area contributed by atoms with Gasteiger partial charge < -0.3 is 9.52 Å². The second kappa shape index (κ2) is 1.51. The largest absolute Gasteiger partial charge is 0.466 e. The minimum atomic E-state index is -0.250. The van der Waals surface area contributed by atoms with Crippen LogP contribution in [0.25, 0.3) is 0 Å². The lowest BCUT2D eigenvalue weighted by atomic mass is 10.4. The summed E-state index contributed by atoms with van der Waals surface area (Å²) in [4.78, 5) is 3.60. The predicted octanol–water partition coefficient (Wildman–Crippen LogP) is 0.997. The van der Waals surface area contributed by atoms with Crippen molar-refractivity contribution in [2.75, 3.05) is 0 Å². The third-order valence-electron chi connectivity index (χ3n) is 1.02. The lowest BCUT2D eigenvalue weighted by Gasteiger charge is -1.76. The van der Waals surface area contributed by atoms with Gasteiger partial charge in [-0.15, -0.1) is 0 Å². The summed E-state index contributed by atoms with van der Waals surface area (Å²) in [6.45, 7) is 3.53. The van der Waals surface area contributed by atoms with Crippen LogP contribution in [0.15, 0.2) is 4.42 Å². The Morgan fingerprint density at radius 2 is 2.12 bits per heavy atom. The van der Waals surface area contributed by atoms with E-state index in [0.29, 0.717) is 5.76 Å². The molecule has 0 amide bonds. The molecule has 0 spiro atoms. The second-order valence-electron chi connectivity index (χ2n) is 1.64. The maximum atomic E-state index is 8.56. The Balaban J connectivity index is 3.14. The summed E-state index contributed by atoms with van der Waals surface area (Å²) in [7, 11) is 0. The van der Waals surface area contributed by atoms with Crippen molar-refractivity contribution < 1.29 is 9.52 Å². The van der Waals surface area contributed by atoms with Gasteiger partial charge in [-0.2, -0.15) is 4.98 Å². The first kappa shape index (κ1) is 5.15. The zero-order valence-electron chi connectivity index (χ0n) is 4.80. The average molecular weight is 113 g/mol. The van der Waals surface area contributed by atoms with Crippen LogP contribution in [0.4, 0.5) is 0 Å². The molecule has 44 valence electrons. The quantitative estimate of drug-likeness (QED) is 0.545. The molecule has 1 heterocycles. The molecule has 1 N–H and O–H groups in total. The van der Waals surface area contributed by atoms with Crippen LogP contribution in [0, 0.1) is 13.8 Å². The molecule has 0 aliphatic heterocycles. The van der Waals surface area contributed by atoms with E-state index in [1.54, 1.807) is 13.8 Å². The van der Waals surface area contributed by atoms with Crippen molar-refractivity contribution >= 4 is 0 Å². The zero-order valence-corrected chi connectivity index (χ0v) is 4.80. The van der Waals surface area contributed by atoms with E-state index in [2.05, 4.69) is 9.40 Å². The van der Waals surface area contributed by atoms with Crippen LogP contribution in [-0.4, -0.2) is 10.1 Å². The number of aromatic hydroxyl groups is 1. The van der Waals surface area contributed by atoms with E-state index in [1.807, 2.05) is 0 Å². The molecule has 0 unspecified atom stereocenters. The molecule has 0 saturated heterocycles. The molecule has 0 atom stereocenters. The highest BCUT2D eigenvalue weighted by Gasteiger charge is 2.00. The van der Waals surface area contributed by atoms with E-state index < -0.39 is 0 Å². The van der Waals surface area contributed by atoms with Crippen LogP contribution in [0.5, 0.6) is 6.08 Å². The van der Waals surface area contributed by atoms with Crippen molar-refractivity contribution in [3.8, 4) is 6.08 Å². The molecule has 0 radical (unpaired) electrons. The molecule has 0 aromatic carbocycles. The summed E-state index contributed by atoms with van der Waals surface area (Å²) in [6, 6.07) is 0. The number of nitrogens with zero attached hydrogens (tertiary/aromatic N) is 1.